The van der Waals surface area contributed by atoms with Crippen LogP contribution in [-0.4, -0.2) is 108 Å². The SMILES string of the molecule is COC(=O)N[C@H](C(=O)N1[C@H](C2=Nc3ccc4cc5c(cc4c3C2)OCc2cc(-c3cnc(C4CCCN4C(=O)[C@@H](NC(=O)OC)C4CCOCC4)[nH]3)ccc2-5)CC2CCC[C@@H]21)C(C)C. The molecular weight excluding hydrogens is 815 g/mol. The van der Waals surface area contributed by atoms with E-state index < -0.39 is 24.3 Å². The zero-order chi connectivity index (χ0) is 44.2. The number of nitrogens with one attached hydrogen (secondary N) is 3. The molecule has 1 aromatic heterocycles. The number of likely N-dealkylation sites (tertiary alicyclic amines) is 2. The molecule has 0 spiro atoms. The first-order valence-corrected chi connectivity index (χ1v) is 23.0. The molecule has 336 valence electrons. The quantitative estimate of drug-likeness (QED) is 0.155. The maximum Gasteiger partial charge on any atom is 0.407 e. The second-order valence-electron chi connectivity index (χ2n) is 18.6. The van der Waals surface area contributed by atoms with E-state index in [9.17, 15) is 19.2 Å². The summed E-state index contributed by atoms with van der Waals surface area (Å²) in [5, 5.41) is 7.85. The maximum absolute atomic E-state index is 14.3. The summed E-state index contributed by atoms with van der Waals surface area (Å²) >= 11 is 0. The van der Waals surface area contributed by atoms with E-state index in [1.165, 1.54) is 14.2 Å². The normalized spacial score (nSPS) is 23.4. The standard InChI is InChI=1S/C49H57N7O8/c1-26(2)43(53-48(59)61-3)47(58)56-39-8-5-7-30(39)21-41(56)37-22-34-33-23-42-35(20-28(33)11-13-36(34)51-37)32-12-10-29(19-31(32)25-64-42)38-24-50-45(52-38)40-9-6-16-55(40)46(57)44(54-49(60)62-4)27-14-17-63-18-15-27/h10-13,19-20,23-24,26-27,30,39-41,43-44H,5-9,14-18,21-22,25H2,1-4H3,(H,50,52)(H,53,59)(H,54,60)/t30?,39-,40?,41-,43-,44-/m0/s1. The Morgan fingerprint density at radius 2 is 1.69 bits per heavy atom. The summed E-state index contributed by atoms with van der Waals surface area (Å²) in [6.45, 7) is 6.01. The van der Waals surface area contributed by atoms with Gasteiger partial charge in [-0.3, -0.25) is 14.6 Å². The van der Waals surface area contributed by atoms with Crippen LogP contribution in [0.4, 0.5) is 15.3 Å². The number of hydrogen-bond donors (Lipinski definition) is 3. The van der Waals surface area contributed by atoms with Gasteiger partial charge in [-0.05, 0) is 120 Å². The van der Waals surface area contributed by atoms with Crippen molar-refractivity contribution in [2.24, 2.45) is 22.7 Å². The first-order valence-electron chi connectivity index (χ1n) is 23.0. The molecule has 3 N–H and O–H groups in total. The molecule has 15 heteroatoms. The first kappa shape index (κ1) is 42.0. The summed E-state index contributed by atoms with van der Waals surface area (Å²) in [5.74, 6) is 1.66. The van der Waals surface area contributed by atoms with E-state index >= 15 is 0 Å². The van der Waals surface area contributed by atoms with Crippen molar-refractivity contribution in [2.75, 3.05) is 34.0 Å². The molecule has 6 aliphatic rings. The summed E-state index contributed by atoms with van der Waals surface area (Å²) < 4.78 is 21.8. The molecule has 4 fully saturated rings. The van der Waals surface area contributed by atoms with E-state index in [0.29, 0.717) is 51.5 Å². The maximum atomic E-state index is 14.3. The van der Waals surface area contributed by atoms with Gasteiger partial charge in [-0.15, -0.1) is 0 Å². The van der Waals surface area contributed by atoms with Crippen molar-refractivity contribution in [1.29, 1.82) is 0 Å². The molecule has 1 saturated carbocycles. The fourth-order valence-corrected chi connectivity index (χ4v) is 11.4. The number of aliphatic imine (C=N–C) groups is 1. The predicted molar refractivity (Wildman–Crippen MR) is 239 cm³/mol. The minimum atomic E-state index is -0.694. The lowest BCUT2D eigenvalue weighted by molar-refractivity contribution is -0.137. The van der Waals surface area contributed by atoms with E-state index in [1.807, 2.05) is 24.9 Å². The van der Waals surface area contributed by atoms with Crippen LogP contribution < -0.4 is 15.4 Å². The zero-order valence-electron chi connectivity index (χ0n) is 37.0. The molecular formula is C49H57N7O8. The van der Waals surface area contributed by atoms with Gasteiger partial charge in [0.2, 0.25) is 11.8 Å². The first-order chi connectivity index (χ1) is 31.1. The highest BCUT2D eigenvalue weighted by Gasteiger charge is 2.50. The van der Waals surface area contributed by atoms with Crippen LogP contribution in [0.2, 0.25) is 0 Å². The summed E-state index contributed by atoms with van der Waals surface area (Å²) in [5.41, 5.74) is 8.12. The van der Waals surface area contributed by atoms with Gasteiger partial charge in [0.25, 0.3) is 0 Å². The number of aromatic nitrogens is 2. The number of benzene rings is 3. The number of methoxy groups -OCH3 is 2. The molecule has 6 atom stereocenters. The van der Waals surface area contributed by atoms with E-state index in [2.05, 4.69) is 63.0 Å². The van der Waals surface area contributed by atoms with E-state index in [1.54, 1.807) is 0 Å². The van der Waals surface area contributed by atoms with Crippen molar-refractivity contribution in [3.8, 4) is 28.1 Å². The molecule has 10 rings (SSSR count). The molecule has 5 aliphatic heterocycles. The van der Waals surface area contributed by atoms with Gasteiger partial charge in [-0.2, -0.15) is 0 Å². The number of ether oxygens (including phenoxy) is 4. The number of nitrogens with zero attached hydrogens (tertiary/aromatic N) is 4. The Balaban J connectivity index is 0.872. The van der Waals surface area contributed by atoms with Crippen LogP contribution in [0.25, 0.3) is 33.2 Å². The number of alkyl carbamates (subject to hydrolysis) is 2. The number of carbonyl (C=O) groups excluding carboxylic acids is 4. The van der Waals surface area contributed by atoms with E-state index in [0.717, 1.165) is 106 Å². The number of H-pyrrole nitrogens is 1. The number of fused-ring (bicyclic) bond motifs is 7. The number of aromatic amines is 1. The highest BCUT2D eigenvalue weighted by Crippen LogP contribution is 2.47. The Bertz CT molecular complexity index is 2530. The lowest BCUT2D eigenvalue weighted by Gasteiger charge is -2.34. The summed E-state index contributed by atoms with van der Waals surface area (Å²) in [6.07, 6.45) is 8.29. The monoisotopic (exact) mass is 871 g/mol. The van der Waals surface area contributed by atoms with Crippen molar-refractivity contribution < 1.29 is 38.1 Å². The van der Waals surface area contributed by atoms with Gasteiger partial charge in [0.1, 0.15) is 30.3 Å². The van der Waals surface area contributed by atoms with Gasteiger partial charge in [0.15, 0.2) is 0 Å². The third-order valence-electron chi connectivity index (χ3n) is 14.7. The second-order valence-corrected chi connectivity index (χ2v) is 18.6. The van der Waals surface area contributed by atoms with Crippen molar-refractivity contribution in [2.45, 2.75) is 108 Å². The molecule has 15 nitrogen and oxygen atoms in total. The highest BCUT2D eigenvalue weighted by molar-refractivity contribution is 6.07. The molecule has 3 saturated heterocycles. The van der Waals surface area contributed by atoms with Gasteiger partial charge in [-0.1, -0.05) is 38.5 Å². The lowest BCUT2D eigenvalue weighted by Crippen LogP contribution is -2.56. The predicted octanol–water partition coefficient (Wildman–Crippen LogP) is 7.38. The largest absolute Gasteiger partial charge is 0.488 e. The molecule has 6 heterocycles. The van der Waals surface area contributed by atoms with E-state index in [4.69, 9.17) is 28.9 Å². The minimum Gasteiger partial charge on any atom is -0.488 e. The number of amides is 4. The molecule has 0 radical (unpaired) electrons. The zero-order valence-corrected chi connectivity index (χ0v) is 37.0. The number of carbonyl (C=O) groups is 4. The molecule has 2 unspecified atom stereocenters. The fraction of sp³-hybridized carbons (Fsp3) is 0.510. The third-order valence-corrected chi connectivity index (χ3v) is 14.7. The Morgan fingerprint density at radius 3 is 2.48 bits per heavy atom. The van der Waals surface area contributed by atoms with Crippen LogP contribution >= 0.6 is 0 Å². The Labute approximate surface area is 372 Å². The average molecular weight is 872 g/mol. The molecule has 4 aromatic rings. The second kappa shape index (κ2) is 17.2. The molecule has 1 aliphatic carbocycles. The van der Waals surface area contributed by atoms with Gasteiger partial charge >= 0.3 is 12.2 Å². The van der Waals surface area contributed by atoms with Crippen molar-refractivity contribution in [3.63, 3.8) is 0 Å². The fourth-order valence-electron chi connectivity index (χ4n) is 11.4. The molecule has 0 bridgehead atoms. The Hall–Kier alpha value is -5.96. The van der Waals surface area contributed by atoms with Crippen molar-refractivity contribution in [3.05, 3.63) is 65.6 Å². The number of rotatable bonds is 9. The van der Waals surface area contributed by atoms with Crippen LogP contribution in [0.3, 0.4) is 0 Å². The van der Waals surface area contributed by atoms with Crippen LogP contribution in [0.15, 0.2) is 53.7 Å². The smallest absolute Gasteiger partial charge is 0.407 e. The lowest BCUT2D eigenvalue weighted by atomic mass is 9.90. The van der Waals surface area contributed by atoms with Gasteiger partial charge in [-0.25, -0.2) is 14.6 Å². The Kier molecular flexibility index (Phi) is 11.3. The third kappa shape index (κ3) is 7.54. The minimum absolute atomic E-state index is 0.0357. The van der Waals surface area contributed by atoms with Crippen LogP contribution in [0.1, 0.15) is 88.2 Å². The van der Waals surface area contributed by atoms with Crippen molar-refractivity contribution >= 4 is 46.2 Å². The van der Waals surface area contributed by atoms with Crippen LogP contribution in [-0.2, 0) is 36.8 Å². The number of hydrogen-bond acceptors (Lipinski definition) is 10. The summed E-state index contributed by atoms with van der Waals surface area (Å²) in [7, 11) is 2.63. The molecule has 4 amide bonds. The molecule has 64 heavy (non-hydrogen) atoms. The van der Waals surface area contributed by atoms with Crippen molar-refractivity contribution in [1.82, 2.24) is 30.4 Å². The van der Waals surface area contributed by atoms with Crippen LogP contribution in [0.5, 0.6) is 5.75 Å². The highest BCUT2D eigenvalue weighted by atomic mass is 16.5. The van der Waals surface area contributed by atoms with Gasteiger partial charge in [0, 0.05) is 43.5 Å². The molecule has 3 aromatic carbocycles. The average Bonchev–Trinajstić information content (AvgIpc) is 4.17. The topological polar surface area (TPSA) is 177 Å². The van der Waals surface area contributed by atoms with Crippen LogP contribution in [0, 0.1) is 17.8 Å². The summed E-state index contributed by atoms with van der Waals surface area (Å²) in [6, 6.07) is 13.4. The van der Waals surface area contributed by atoms with Gasteiger partial charge < -0.3 is 44.4 Å². The van der Waals surface area contributed by atoms with E-state index in [-0.39, 0.29) is 41.8 Å². The Morgan fingerprint density at radius 1 is 0.875 bits per heavy atom. The summed E-state index contributed by atoms with van der Waals surface area (Å²) in [4.78, 5) is 70.5. The number of imidazole rings is 1. The van der Waals surface area contributed by atoms with Gasteiger partial charge in [0.05, 0.1) is 43.9 Å².